The second-order valence-electron chi connectivity index (χ2n) is 4.80. The molecule has 104 valence electrons. The minimum Gasteiger partial charge on any atom is -0.481 e. The molecule has 2 atom stereocenters. The van der Waals surface area contributed by atoms with Crippen LogP contribution < -0.4 is 5.32 Å². The molecular weight excluding hydrogens is 377 g/mol. The van der Waals surface area contributed by atoms with Crippen LogP contribution in [0.4, 0.5) is 0 Å². The van der Waals surface area contributed by atoms with Crippen molar-refractivity contribution in [2.75, 3.05) is 0 Å². The molecule has 2 rings (SSSR count). The molecule has 6 heteroatoms. The highest BCUT2D eigenvalue weighted by Crippen LogP contribution is 2.24. The maximum atomic E-state index is 12.1. The third-order valence-corrected chi connectivity index (χ3v) is 5.27. The number of rotatable bonds is 3. The highest BCUT2D eigenvalue weighted by Gasteiger charge is 2.30. The van der Waals surface area contributed by atoms with Gasteiger partial charge in [0.15, 0.2) is 0 Å². The summed E-state index contributed by atoms with van der Waals surface area (Å²) in [6, 6.07) is 1.58. The van der Waals surface area contributed by atoms with Gasteiger partial charge in [-0.25, -0.2) is 0 Å². The van der Waals surface area contributed by atoms with Gasteiger partial charge in [-0.2, -0.15) is 0 Å². The summed E-state index contributed by atoms with van der Waals surface area (Å²) < 4.78 is 1.05. The minimum absolute atomic E-state index is 0.155. The number of aliphatic carboxylic acids is 1. The quantitative estimate of drug-likeness (QED) is 0.613. The fraction of sp³-hybridized carbons (Fsp3) is 0.538. The van der Waals surface area contributed by atoms with E-state index in [0.29, 0.717) is 12.0 Å². The Morgan fingerprint density at radius 3 is 2.68 bits per heavy atom. The van der Waals surface area contributed by atoms with Gasteiger partial charge in [0.2, 0.25) is 0 Å². The molecule has 0 unspecified atom stereocenters. The molecule has 1 amide bonds. The first-order chi connectivity index (χ1) is 9.08. The van der Waals surface area contributed by atoms with Gasteiger partial charge in [-0.3, -0.25) is 9.59 Å². The third kappa shape index (κ3) is 3.92. The van der Waals surface area contributed by atoms with Gasteiger partial charge in [0, 0.05) is 11.4 Å². The van der Waals surface area contributed by atoms with Crippen LogP contribution in [-0.2, 0) is 4.79 Å². The van der Waals surface area contributed by atoms with Gasteiger partial charge in [-0.15, -0.1) is 11.3 Å². The van der Waals surface area contributed by atoms with Crippen LogP contribution >= 0.6 is 33.9 Å². The smallest absolute Gasteiger partial charge is 0.308 e. The zero-order valence-electron chi connectivity index (χ0n) is 10.4. The predicted octanol–water partition coefficient (Wildman–Crippen LogP) is 3.12. The number of amides is 1. The van der Waals surface area contributed by atoms with Crippen LogP contribution in [-0.4, -0.2) is 23.0 Å². The van der Waals surface area contributed by atoms with Gasteiger partial charge in [0.05, 0.1) is 14.4 Å². The number of hydrogen-bond acceptors (Lipinski definition) is 3. The highest BCUT2D eigenvalue weighted by atomic mass is 127. The van der Waals surface area contributed by atoms with Crippen molar-refractivity contribution < 1.29 is 14.7 Å². The lowest BCUT2D eigenvalue weighted by Gasteiger charge is -2.22. The number of hydrogen-bond donors (Lipinski definition) is 2. The number of carboxylic acid groups (broad SMARTS) is 1. The van der Waals surface area contributed by atoms with Gasteiger partial charge < -0.3 is 10.4 Å². The van der Waals surface area contributed by atoms with Crippen molar-refractivity contribution in [1.29, 1.82) is 0 Å². The zero-order chi connectivity index (χ0) is 13.8. The summed E-state index contributed by atoms with van der Waals surface area (Å²) in [6.45, 7) is 0. The molecular formula is C13H16INO3S. The Bertz CT molecular complexity index is 474. The summed E-state index contributed by atoms with van der Waals surface area (Å²) in [5.74, 6) is -1.41. The highest BCUT2D eigenvalue weighted by molar-refractivity contribution is 14.1. The minimum atomic E-state index is -0.799. The topological polar surface area (TPSA) is 66.4 Å². The molecule has 0 saturated heterocycles. The van der Waals surface area contributed by atoms with Crippen molar-refractivity contribution in [3.05, 3.63) is 19.9 Å². The number of halogens is 1. The molecule has 0 aromatic carbocycles. The van der Waals surface area contributed by atoms with Crippen LogP contribution in [0.15, 0.2) is 11.4 Å². The molecule has 1 aromatic rings. The molecule has 1 aromatic heterocycles. The van der Waals surface area contributed by atoms with E-state index in [1.165, 1.54) is 11.3 Å². The first-order valence-electron chi connectivity index (χ1n) is 6.35. The maximum absolute atomic E-state index is 12.1. The molecule has 1 heterocycles. The van der Waals surface area contributed by atoms with E-state index in [2.05, 4.69) is 27.9 Å². The van der Waals surface area contributed by atoms with Crippen molar-refractivity contribution in [1.82, 2.24) is 5.32 Å². The molecule has 1 aliphatic carbocycles. The molecule has 19 heavy (non-hydrogen) atoms. The molecule has 0 bridgehead atoms. The number of carboxylic acids is 1. The van der Waals surface area contributed by atoms with Crippen molar-refractivity contribution in [2.45, 2.75) is 38.1 Å². The molecule has 1 aliphatic rings. The van der Waals surface area contributed by atoms with Gasteiger partial charge in [0.25, 0.3) is 5.91 Å². The number of carbonyl (C=O) groups excluding carboxylic acids is 1. The lowest BCUT2D eigenvalue weighted by Crippen LogP contribution is -2.42. The average Bonchev–Trinajstić information content (AvgIpc) is 2.65. The Kier molecular flexibility index (Phi) is 5.20. The molecule has 0 spiro atoms. The lowest BCUT2D eigenvalue weighted by molar-refractivity contribution is -0.142. The summed E-state index contributed by atoms with van der Waals surface area (Å²) >= 11 is 3.69. The monoisotopic (exact) mass is 393 g/mol. The summed E-state index contributed by atoms with van der Waals surface area (Å²) in [6.07, 6.45) is 4.37. The van der Waals surface area contributed by atoms with E-state index in [0.717, 1.165) is 28.6 Å². The Morgan fingerprint density at radius 1 is 1.32 bits per heavy atom. The molecule has 0 radical (unpaired) electrons. The van der Waals surface area contributed by atoms with Crippen molar-refractivity contribution in [2.24, 2.45) is 5.92 Å². The van der Waals surface area contributed by atoms with Gasteiger partial charge in [0.1, 0.15) is 0 Å². The molecule has 4 nitrogen and oxygen atoms in total. The molecule has 1 fully saturated rings. The van der Waals surface area contributed by atoms with Gasteiger partial charge in [-0.1, -0.05) is 19.3 Å². The van der Waals surface area contributed by atoms with Crippen molar-refractivity contribution in [3.8, 4) is 0 Å². The SMILES string of the molecule is O=C(N[C@H]1CCCCC[C@H]1C(=O)O)c1csc(I)c1. The second kappa shape index (κ2) is 6.69. The van der Waals surface area contributed by atoms with Crippen LogP contribution in [0, 0.1) is 8.80 Å². The van der Waals surface area contributed by atoms with Crippen LogP contribution in [0.1, 0.15) is 42.5 Å². The zero-order valence-corrected chi connectivity index (χ0v) is 13.4. The fourth-order valence-corrected chi connectivity index (χ4v) is 3.78. The normalized spacial score (nSPS) is 23.6. The number of nitrogens with one attached hydrogen (secondary N) is 1. The van der Waals surface area contributed by atoms with Crippen molar-refractivity contribution >= 4 is 45.8 Å². The molecule has 1 saturated carbocycles. The number of thiophene rings is 1. The molecule has 0 aliphatic heterocycles. The van der Waals surface area contributed by atoms with E-state index in [4.69, 9.17) is 0 Å². The maximum Gasteiger partial charge on any atom is 0.308 e. The Balaban J connectivity index is 2.06. The van der Waals surface area contributed by atoms with E-state index in [1.807, 2.05) is 11.4 Å². The van der Waals surface area contributed by atoms with E-state index in [1.54, 1.807) is 0 Å². The van der Waals surface area contributed by atoms with E-state index >= 15 is 0 Å². The first kappa shape index (κ1) is 14.8. The number of carbonyl (C=O) groups is 2. The van der Waals surface area contributed by atoms with Crippen LogP contribution in [0.5, 0.6) is 0 Å². The first-order valence-corrected chi connectivity index (χ1v) is 8.31. The largest absolute Gasteiger partial charge is 0.481 e. The Hall–Kier alpha value is -0.630. The van der Waals surface area contributed by atoms with E-state index in [-0.39, 0.29) is 11.9 Å². The standard InChI is InChI=1S/C13H16INO3S/c14-11-6-8(7-19-11)12(16)15-10-5-3-1-2-4-9(10)13(17)18/h6-7,9-10H,1-5H2,(H,15,16)(H,17,18)/t9-,10+/m1/s1. The Labute approximate surface area is 129 Å². The average molecular weight is 393 g/mol. The summed E-state index contributed by atoms with van der Waals surface area (Å²) in [4.78, 5) is 23.4. The summed E-state index contributed by atoms with van der Waals surface area (Å²) in [7, 11) is 0. The second-order valence-corrected chi connectivity index (χ2v) is 7.61. The van der Waals surface area contributed by atoms with E-state index in [9.17, 15) is 14.7 Å². The van der Waals surface area contributed by atoms with Crippen molar-refractivity contribution in [3.63, 3.8) is 0 Å². The predicted molar refractivity (Wildman–Crippen MR) is 82.5 cm³/mol. The molecule has 2 N–H and O–H groups in total. The summed E-state index contributed by atoms with van der Waals surface area (Å²) in [5.41, 5.74) is 0.628. The fourth-order valence-electron chi connectivity index (χ4n) is 2.46. The van der Waals surface area contributed by atoms with Gasteiger partial charge >= 0.3 is 5.97 Å². The van der Waals surface area contributed by atoms with E-state index < -0.39 is 11.9 Å². The lowest BCUT2D eigenvalue weighted by atomic mass is 9.94. The third-order valence-electron chi connectivity index (χ3n) is 3.48. The van der Waals surface area contributed by atoms with Crippen LogP contribution in [0.2, 0.25) is 0 Å². The Morgan fingerprint density at radius 2 is 2.05 bits per heavy atom. The van der Waals surface area contributed by atoms with Gasteiger partial charge in [-0.05, 0) is 41.5 Å². The summed E-state index contributed by atoms with van der Waals surface area (Å²) in [5, 5.41) is 14.0. The van der Waals surface area contributed by atoms with Crippen LogP contribution in [0.3, 0.4) is 0 Å². The van der Waals surface area contributed by atoms with Crippen LogP contribution in [0.25, 0.3) is 0 Å².